The van der Waals surface area contributed by atoms with Crippen LogP contribution in [0, 0.1) is 11.8 Å². The molecule has 5 rings (SSSR count). The Balaban J connectivity index is 1.30. The predicted molar refractivity (Wildman–Crippen MR) is 142 cm³/mol. The molecule has 0 amide bonds. The molecule has 36 heavy (non-hydrogen) atoms. The first-order chi connectivity index (χ1) is 17.6. The highest BCUT2D eigenvalue weighted by atomic mass is 16.5. The van der Waals surface area contributed by atoms with Crippen LogP contribution in [0.15, 0.2) is 24.5 Å². The highest BCUT2D eigenvalue weighted by molar-refractivity contribution is 5.84. The zero-order chi connectivity index (χ0) is 24.9. The molecule has 3 aromatic rings. The minimum absolute atomic E-state index is 0.238. The number of nitrogens with zero attached hydrogens (tertiary/aromatic N) is 4. The van der Waals surface area contributed by atoms with E-state index in [0.717, 1.165) is 48.5 Å². The first-order valence-electron chi connectivity index (χ1n) is 12.9. The van der Waals surface area contributed by atoms with Crippen LogP contribution in [0.25, 0.3) is 11.2 Å². The van der Waals surface area contributed by atoms with E-state index in [1.165, 1.54) is 19.3 Å². The number of benzene rings is 1. The Hall–Kier alpha value is -3.35. The molecule has 190 valence electrons. The van der Waals surface area contributed by atoms with E-state index in [2.05, 4.69) is 56.2 Å². The number of rotatable bonds is 6. The summed E-state index contributed by atoms with van der Waals surface area (Å²) in [6.45, 7) is 6.74. The smallest absolute Gasteiger partial charge is 0.231 e. The van der Waals surface area contributed by atoms with Crippen molar-refractivity contribution in [1.29, 1.82) is 0 Å². The quantitative estimate of drug-likeness (QED) is 0.441. The first kappa shape index (κ1) is 24.3. The number of aromatic nitrogens is 4. The fraction of sp³-hybridized carbons (Fsp3) is 0.519. The molecule has 9 nitrogen and oxygen atoms in total. The summed E-state index contributed by atoms with van der Waals surface area (Å²) in [5.74, 6) is 8.50. The van der Waals surface area contributed by atoms with Crippen molar-refractivity contribution >= 4 is 28.6 Å². The first-order valence-corrected chi connectivity index (χ1v) is 12.9. The van der Waals surface area contributed by atoms with Gasteiger partial charge in [-0.1, -0.05) is 31.1 Å². The number of morpholine rings is 1. The van der Waals surface area contributed by atoms with E-state index in [1.54, 1.807) is 13.4 Å². The number of imidazole rings is 1. The SMILES string of the molecule is COc1cc(C#CCN2CC(C)OC(C)C2)ccc1Nc1nc(NC2CCCCC2)c2[nH]cnc2n1. The Morgan fingerprint density at radius 3 is 2.72 bits per heavy atom. The molecule has 1 aromatic carbocycles. The van der Waals surface area contributed by atoms with Crippen molar-refractivity contribution in [3.63, 3.8) is 0 Å². The molecule has 1 saturated carbocycles. The molecule has 1 aliphatic heterocycles. The number of aromatic amines is 1. The van der Waals surface area contributed by atoms with Crippen LogP contribution in [0.5, 0.6) is 5.75 Å². The van der Waals surface area contributed by atoms with Gasteiger partial charge in [0.1, 0.15) is 11.3 Å². The Kier molecular flexibility index (Phi) is 7.54. The Morgan fingerprint density at radius 1 is 1.14 bits per heavy atom. The average Bonchev–Trinajstić information content (AvgIpc) is 3.34. The molecule has 9 heteroatoms. The van der Waals surface area contributed by atoms with E-state index in [0.29, 0.717) is 29.9 Å². The van der Waals surface area contributed by atoms with Gasteiger partial charge in [-0.05, 0) is 44.9 Å². The van der Waals surface area contributed by atoms with Crippen molar-refractivity contribution in [3.05, 3.63) is 30.1 Å². The molecule has 3 heterocycles. The number of ether oxygens (including phenoxy) is 2. The second-order valence-electron chi connectivity index (χ2n) is 9.77. The summed E-state index contributed by atoms with van der Waals surface area (Å²) in [5, 5.41) is 6.92. The van der Waals surface area contributed by atoms with E-state index < -0.39 is 0 Å². The molecule has 2 aliphatic rings. The Bertz CT molecular complexity index is 1230. The fourth-order valence-corrected chi connectivity index (χ4v) is 5.09. The maximum Gasteiger partial charge on any atom is 0.231 e. The van der Waals surface area contributed by atoms with Gasteiger partial charge in [-0.15, -0.1) is 0 Å². The summed E-state index contributed by atoms with van der Waals surface area (Å²) in [5.41, 5.74) is 3.12. The molecule has 1 aliphatic carbocycles. The van der Waals surface area contributed by atoms with Gasteiger partial charge in [0, 0.05) is 24.7 Å². The van der Waals surface area contributed by atoms with Crippen molar-refractivity contribution in [2.45, 2.75) is 64.2 Å². The highest BCUT2D eigenvalue weighted by Gasteiger charge is 2.21. The second kappa shape index (κ2) is 11.1. The third-order valence-electron chi connectivity index (χ3n) is 6.71. The van der Waals surface area contributed by atoms with Crippen molar-refractivity contribution in [3.8, 4) is 17.6 Å². The van der Waals surface area contributed by atoms with E-state index in [9.17, 15) is 0 Å². The summed E-state index contributed by atoms with van der Waals surface area (Å²) < 4.78 is 11.5. The molecule has 2 atom stereocenters. The maximum absolute atomic E-state index is 5.80. The monoisotopic (exact) mass is 489 g/mol. The number of hydrogen-bond acceptors (Lipinski definition) is 8. The lowest BCUT2D eigenvalue weighted by atomic mass is 9.95. The van der Waals surface area contributed by atoms with E-state index in [1.807, 2.05) is 18.2 Å². The van der Waals surface area contributed by atoms with Gasteiger partial charge in [-0.25, -0.2) is 4.98 Å². The summed E-state index contributed by atoms with van der Waals surface area (Å²) in [4.78, 5) is 19.2. The van der Waals surface area contributed by atoms with Gasteiger partial charge in [0.2, 0.25) is 5.95 Å². The number of fused-ring (bicyclic) bond motifs is 1. The number of anilines is 3. The van der Waals surface area contributed by atoms with Crippen molar-refractivity contribution in [2.24, 2.45) is 0 Å². The van der Waals surface area contributed by atoms with Crippen LogP contribution in [0.4, 0.5) is 17.5 Å². The molecular formula is C27H35N7O2. The van der Waals surface area contributed by atoms with Gasteiger partial charge >= 0.3 is 0 Å². The fourth-order valence-electron chi connectivity index (χ4n) is 5.09. The number of H-pyrrole nitrogens is 1. The van der Waals surface area contributed by atoms with Crippen LogP contribution >= 0.6 is 0 Å². The molecule has 2 fully saturated rings. The van der Waals surface area contributed by atoms with Gasteiger partial charge in [0.05, 0.1) is 37.9 Å². The number of methoxy groups -OCH3 is 1. The summed E-state index contributed by atoms with van der Waals surface area (Å²) >= 11 is 0. The number of nitrogens with one attached hydrogen (secondary N) is 3. The van der Waals surface area contributed by atoms with E-state index in [-0.39, 0.29) is 12.2 Å². The average molecular weight is 490 g/mol. The lowest BCUT2D eigenvalue weighted by molar-refractivity contribution is -0.0640. The van der Waals surface area contributed by atoms with Gasteiger partial charge < -0.3 is 25.1 Å². The molecule has 2 aromatic heterocycles. The summed E-state index contributed by atoms with van der Waals surface area (Å²) in [7, 11) is 1.65. The molecule has 0 spiro atoms. The largest absolute Gasteiger partial charge is 0.495 e. The minimum Gasteiger partial charge on any atom is -0.495 e. The van der Waals surface area contributed by atoms with Crippen LogP contribution in [-0.2, 0) is 4.74 Å². The lowest BCUT2D eigenvalue weighted by Crippen LogP contribution is -2.45. The highest BCUT2D eigenvalue weighted by Crippen LogP contribution is 2.30. The van der Waals surface area contributed by atoms with E-state index >= 15 is 0 Å². The second-order valence-corrected chi connectivity index (χ2v) is 9.77. The molecule has 0 radical (unpaired) electrons. The molecular weight excluding hydrogens is 454 g/mol. The van der Waals surface area contributed by atoms with Crippen molar-refractivity contribution < 1.29 is 9.47 Å². The van der Waals surface area contributed by atoms with Gasteiger partial charge in [0.25, 0.3) is 0 Å². The molecule has 1 saturated heterocycles. The molecule has 2 unspecified atom stereocenters. The van der Waals surface area contributed by atoms with Gasteiger partial charge in [-0.3, -0.25) is 4.90 Å². The lowest BCUT2D eigenvalue weighted by Gasteiger charge is -2.34. The van der Waals surface area contributed by atoms with Crippen LogP contribution in [0.1, 0.15) is 51.5 Å². The van der Waals surface area contributed by atoms with Gasteiger partial charge in [0.15, 0.2) is 11.5 Å². The summed E-state index contributed by atoms with van der Waals surface area (Å²) in [6.07, 6.45) is 8.24. The van der Waals surface area contributed by atoms with Crippen molar-refractivity contribution in [1.82, 2.24) is 24.8 Å². The predicted octanol–water partition coefficient (Wildman–Crippen LogP) is 4.31. The maximum atomic E-state index is 5.80. The Labute approximate surface area is 212 Å². The van der Waals surface area contributed by atoms with Crippen LogP contribution < -0.4 is 15.4 Å². The topological polar surface area (TPSA) is 100 Å². The number of hydrogen-bond donors (Lipinski definition) is 3. The third-order valence-corrected chi connectivity index (χ3v) is 6.71. The van der Waals surface area contributed by atoms with Crippen LogP contribution in [0.3, 0.4) is 0 Å². The van der Waals surface area contributed by atoms with Crippen LogP contribution in [-0.4, -0.2) is 69.8 Å². The standard InChI is InChI=1S/C27H35N7O2/c1-18-15-34(16-19(2)36-18)13-7-8-20-11-12-22(23(14-20)35-3)31-27-32-25-24(28-17-29-25)26(33-27)30-21-9-5-4-6-10-21/h11-12,14,17-19,21H,4-6,9-10,13,15-16H2,1-3H3,(H3,28,29,30,31,32,33). The minimum atomic E-state index is 0.238. The van der Waals surface area contributed by atoms with Crippen molar-refractivity contribution in [2.75, 3.05) is 37.4 Å². The third kappa shape index (κ3) is 5.89. The zero-order valence-corrected chi connectivity index (χ0v) is 21.3. The zero-order valence-electron chi connectivity index (χ0n) is 21.3. The van der Waals surface area contributed by atoms with E-state index in [4.69, 9.17) is 14.5 Å². The molecule has 0 bridgehead atoms. The van der Waals surface area contributed by atoms with Crippen LogP contribution in [0.2, 0.25) is 0 Å². The molecule has 3 N–H and O–H groups in total. The summed E-state index contributed by atoms with van der Waals surface area (Å²) in [6, 6.07) is 6.29. The normalized spacial score (nSPS) is 21.1. The van der Waals surface area contributed by atoms with Gasteiger partial charge in [-0.2, -0.15) is 9.97 Å². The Morgan fingerprint density at radius 2 is 1.94 bits per heavy atom.